The van der Waals surface area contributed by atoms with Crippen LogP contribution in [-0.4, -0.2) is 47.1 Å². The van der Waals surface area contributed by atoms with E-state index in [4.69, 9.17) is 9.47 Å². The molecule has 3 rings (SSSR count). The molecule has 0 bridgehead atoms. The van der Waals surface area contributed by atoms with Crippen LogP contribution in [0.25, 0.3) is 11.3 Å². The summed E-state index contributed by atoms with van der Waals surface area (Å²) < 4.78 is 10.0. The average molecular weight is 444 g/mol. The molecular weight excluding hydrogens is 424 g/mol. The number of ether oxygens (including phenoxy) is 2. The lowest BCUT2D eigenvalue weighted by atomic mass is 10.1. The van der Waals surface area contributed by atoms with Crippen molar-refractivity contribution < 1.29 is 24.0 Å². The molecule has 0 fully saturated rings. The van der Waals surface area contributed by atoms with E-state index in [2.05, 4.69) is 15.3 Å². The van der Waals surface area contributed by atoms with Crippen LogP contribution in [0, 0.1) is 24.0 Å². The minimum absolute atomic E-state index is 0.0431. The Morgan fingerprint density at radius 2 is 2.06 bits per heavy atom. The Labute approximate surface area is 181 Å². The Kier molecular flexibility index (Phi) is 6.78. The number of nitro benzene ring substituents is 1. The fourth-order valence-corrected chi connectivity index (χ4v) is 3.69. The van der Waals surface area contributed by atoms with Gasteiger partial charge in [-0.2, -0.15) is 0 Å². The zero-order chi connectivity index (χ0) is 22.5. The molecule has 0 atom stereocenters. The number of nitrogens with zero attached hydrogens (tertiary/aromatic N) is 2. The van der Waals surface area contributed by atoms with Gasteiger partial charge in [-0.1, -0.05) is 12.1 Å². The van der Waals surface area contributed by atoms with E-state index in [-0.39, 0.29) is 24.6 Å². The highest BCUT2D eigenvalue weighted by Gasteiger charge is 2.23. The fourth-order valence-electron chi connectivity index (χ4n) is 2.98. The minimum Gasteiger partial charge on any atom is -0.460 e. The smallest absolute Gasteiger partial charge is 0.340 e. The van der Waals surface area contributed by atoms with Crippen LogP contribution in [0.4, 0.5) is 10.8 Å². The highest BCUT2D eigenvalue weighted by atomic mass is 32.1. The van der Waals surface area contributed by atoms with Gasteiger partial charge in [0.1, 0.15) is 12.3 Å². The number of carbonyl (C=O) groups is 2. The number of nitro groups is 1. The third-order valence-corrected chi connectivity index (χ3v) is 5.22. The largest absolute Gasteiger partial charge is 0.460 e. The Balaban J connectivity index is 1.76. The maximum atomic E-state index is 12.7. The van der Waals surface area contributed by atoms with E-state index in [9.17, 15) is 19.7 Å². The van der Waals surface area contributed by atoms with E-state index in [0.29, 0.717) is 33.2 Å². The number of aromatic nitrogens is 2. The molecule has 1 aromatic carbocycles. The number of hydrogen-bond acceptors (Lipinski definition) is 8. The minimum atomic E-state index is -0.537. The summed E-state index contributed by atoms with van der Waals surface area (Å²) in [6.45, 7) is 3.72. The van der Waals surface area contributed by atoms with Gasteiger partial charge in [0.05, 0.1) is 22.8 Å². The van der Waals surface area contributed by atoms with Crippen LogP contribution in [0.2, 0.25) is 0 Å². The first-order valence-electron chi connectivity index (χ1n) is 9.18. The normalized spacial score (nSPS) is 10.7. The van der Waals surface area contributed by atoms with Crippen LogP contribution in [0.3, 0.4) is 0 Å². The molecule has 1 amide bonds. The number of H-pyrrole nitrogens is 1. The molecule has 31 heavy (non-hydrogen) atoms. The summed E-state index contributed by atoms with van der Waals surface area (Å²) >= 11 is 1.19. The number of aromatic amines is 1. The van der Waals surface area contributed by atoms with E-state index in [1.165, 1.54) is 30.6 Å². The molecule has 0 aliphatic heterocycles. The zero-order valence-corrected chi connectivity index (χ0v) is 17.9. The quantitative estimate of drug-likeness (QED) is 0.234. The monoisotopic (exact) mass is 444 g/mol. The van der Waals surface area contributed by atoms with E-state index in [0.717, 1.165) is 0 Å². The molecule has 2 heterocycles. The zero-order valence-electron chi connectivity index (χ0n) is 17.1. The first-order valence-corrected chi connectivity index (χ1v) is 10.1. The van der Waals surface area contributed by atoms with Crippen LogP contribution in [0.5, 0.6) is 0 Å². The molecule has 0 aliphatic carbocycles. The van der Waals surface area contributed by atoms with Gasteiger partial charge < -0.3 is 14.5 Å². The number of amides is 1. The molecule has 2 aromatic heterocycles. The third-order valence-electron chi connectivity index (χ3n) is 4.47. The highest BCUT2D eigenvalue weighted by molar-refractivity contribution is 7.14. The van der Waals surface area contributed by atoms with E-state index in [1.54, 1.807) is 31.4 Å². The molecule has 0 unspecified atom stereocenters. The van der Waals surface area contributed by atoms with Gasteiger partial charge in [0, 0.05) is 35.9 Å². The molecule has 3 aromatic rings. The van der Waals surface area contributed by atoms with Gasteiger partial charge in [-0.15, -0.1) is 11.3 Å². The average Bonchev–Trinajstić information content (AvgIpc) is 3.32. The van der Waals surface area contributed by atoms with Crippen LogP contribution < -0.4 is 5.32 Å². The van der Waals surface area contributed by atoms with Crippen LogP contribution in [-0.2, 0) is 9.47 Å². The highest BCUT2D eigenvalue weighted by Crippen LogP contribution is 2.28. The van der Waals surface area contributed by atoms with Gasteiger partial charge in [-0.3, -0.25) is 20.2 Å². The molecule has 11 heteroatoms. The van der Waals surface area contributed by atoms with Crippen molar-refractivity contribution in [2.75, 3.05) is 25.6 Å². The molecule has 0 saturated heterocycles. The van der Waals surface area contributed by atoms with Gasteiger partial charge in [0.25, 0.3) is 11.6 Å². The van der Waals surface area contributed by atoms with Crippen molar-refractivity contribution in [1.82, 2.24) is 9.97 Å². The third kappa shape index (κ3) is 4.95. The summed E-state index contributed by atoms with van der Waals surface area (Å²) in [5, 5.41) is 15.7. The lowest BCUT2D eigenvalue weighted by molar-refractivity contribution is -0.384. The van der Waals surface area contributed by atoms with Gasteiger partial charge in [0.2, 0.25) is 0 Å². The van der Waals surface area contributed by atoms with Gasteiger partial charge in [-0.05, 0) is 19.4 Å². The Morgan fingerprint density at radius 3 is 2.77 bits per heavy atom. The molecule has 162 valence electrons. The van der Waals surface area contributed by atoms with Crippen molar-refractivity contribution in [3.63, 3.8) is 0 Å². The molecule has 2 N–H and O–H groups in total. The topological polar surface area (TPSA) is 136 Å². The van der Waals surface area contributed by atoms with Crippen LogP contribution in [0.15, 0.2) is 29.6 Å². The molecule has 10 nitrogen and oxygen atoms in total. The second-order valence-corrected chi connectivity index (χ2v) is 7.41. The number of non-ortho nitro benzene ring substituents is 1. The predicted octanol–water partition coefficient (Wildman–Crippen LogP) is 3.72. The summed E-state index contributed by atoms with van der Waals surface area (Å²) in [6.07, 6.45) is 0. The Bertz CT molecular complexity index is 1140. The molecule has 0 radical (unpaired) electrons. The first-order chi connectivity index (χ1) is 14.8. The lowest BCUT2D eigenvalue weighted by Crippen LogP contribution is -2.14. The van der Waals surface area contributed by atoms with Crippen molar-refractivity contribution in [3.8, 4) is 11.3 Å². The van der Waals surface area contributed by atoms with Crippen LogP contribution >= 0.6 is 11.3 Å². The molecular formula is C20H20N4O6S. The van der Waals surface area contributed by atoms with E-state index >= 15 is 0 Å². The van der Waals surface area contributed by atoms with Crippen molar-refractivity contribution in [2.45, 2.75) is 13.8 Å². The second kappa shape index (κ2) is 9.49. The molecule has 0 saturated carbocycles. The number of thiazole rings is 1. The second-order valence-electron chi connectivity index (χ2n) is 6.55. The van der Waals surface area contributed by atoms with E-state index in [1.807, 2.05) is 0 Å². The van der Waals surface area contributed by atoms with Crippen molar-refractivity contribution in [1.29, 1.82) is 0 Å². The number of methoxy groups -OCH3 is 1. The summed E-state index contributed by atoms with van der Waals surface area (Å²) in [4.78, 5) is 42.8. The summed E-state index contributed by atoms with van der Waals surface area (Å²) in [5.74, 6) is -0.999. The van der Waals surface area contributed by atoms with Crippen molar-refractivity contribution in [3.05, 3.63) is 62.3 Å². The maximum absolute atomic E-state index is 12.7. The number of benzene rings is 1. The number of anilines is 1. The molecule has 0 spiro atoms. The first kappa shape index (κ1) is 22.1. The number of carbonyl (C=O) groups excluding carboxylic acids is 2. The standard InChI is InChI=1S/C20H20N4O6S/c1-11-16(19(26)30-8-7-29-3)12(2)21-17(11)18(25)23-20-22-15(10-31-20)13-5-4-6-14(9-13)24(27)28/h4-6,9-10,21H,7-8H2,1-3H3,(H,22,23,25). The Morgan fingerprint density at radius 1 is 1.29 bits per heavy atom. The Hall–Kier alpha value is -3.57. The summed E-state index contributed by atoms with van der Waals surface area (Å²) in [6, 6.07) is 6.09. The van der Waals surface area contributed by atoms with Crippen molar-refractivity contribution >= 4 is 34.0 Å². The van der Waals surface area contributed by atoms with Gasteiger partial charge in [0.15, 0.2) is 5.13 Å². The van der Waals surface area contributed by atoms with E-state index < -0.39 is 16.8 Å². The number of esters is 1. The van der Waals surface area contributed by atoms with Gasteiger partial charge >= 0.3 is 5.97 Å². The summed E-state index contributed by atoms with van der Waals surface area (Å²) in [5.41, 5.74) is 2.54. The fraction of sp³-hybridized carbons (Fsp3) is 0.250. The SMILES string of the molecule is COCCOC(=O)c1c(C)[nH]c(C(=O)Nc2nc(-c3cccc([N+](=O)[O-])c3)cs2)c1C. The van der Waals surface area contributed by atoms with Gasteiger partial charge in [-0.25, -0.2) is 9.78 Å². The summed E-state index contributed by atoms with van der Waals surface area (Å²) in [7, 11) is 1.51. The van der Waals surface area contributed by atoms with Crippen LogP contribution in [0.1, 0.15) is 32.1 Å². The van der Waals surface area contributed by atoms with Crippen molar-refractivity contribution in [2.24, 2.45) is 0 Å². The number of aryl methyl sites for hydroxylation is 1. The predicted molar refractivity (Wildman–Crippen MR) is 115 cm³/mol. The molecule has 0 aliphatic rings. The maximum Gasteiger partial charge on any atom is 0.340 e. The number of hydrogen-bond donors (Lipinski definition) is 2. The lowest BCUT2D eigenvalue weighted by Gasteiger charge is -2.05. The number of nitrogens with one attached hydrogen (secondary N) is 2. The number of rotatable bonds is 8.